The van der Waals surface area contributed by atoms with Gasteiger partial charge in [-0.2, -0.15) is 0 Å². The van der Waals surface area contributed by atoms with Crippen LogP contribution in [0.15, 0.2) is 59.0 Å². The molecule has 4 N–H and O–H groups in total. The minimum atomic E-state index is -0.978. The molecule has 342 valence electrons. The third-order valence-corrected chi connectivity index (χ3v) is 15.1. The van der Waals surface area contributed by atoms with Gasteiger partial charge >= 0.3 is 5.97 Å². The number of aliphatic carboxylic acids is 1. The number of aliphatic hydroxyl groups excluding tert-OH is 1. The maximum Gasteiger partial charge on any atom is 0.306 e. The van der Waals surface area contributed by atoms with Crippen molar-refractivity contribution in [3.05, 3.63) is 98.5 Å². The van der Waals surface area contributed by atoms with Gasteiger partial charge in [0.05, 0.1) is 46.3 Å². The molecule has 8 rings (SSSR count). The average Bonchev–Trinajstić information content (AvgIpc) is 4.04. The Hall–Kier alpha value is -5.78. The number of nitrogens with zero attached hydrogens (tertiary/aromatic N) is 7. The lowest BCUT2D eigenvalue weighted by Gasteiger charge is -2.38. The highest BCUT2D eigenvalue weighted by molar-refractivity contribution is 7.15. The van der Waals surface area contributed by atoms with Crippen LogP contribution in [0.2, 0.25) is 0 Å². The minimum Gasteiger partial charge on any atom is -0.481 e. The summed E-state index contributed by atoms with van der Waals surface area (Å²) in [5.41, 5.74) is 8.51. The summed E-state index contributed by atoms with van der Waals surface area (Å²) >= 11 is 3.19. The molecule has 3 aliphatic rings. The second-order valence-corrected chi connectivity index (χ2v) is 20.7. The molecule has 6 atom stereocenters. The van der Waals surface area contributed by atoms with E-state index in [0.29, 0.717) is 30.3 Å². The summed E-state index contributed by atoms with van der Waals surface area (Å²) in [5, 5.41) is 36.4. The zero-order chi connectivity index (χ0) is 46.5. The van der Waals surface area contributed by atoms with Crippen molar-refractivity contribution in [2.24, 2.45) is 16.3 Å². The molecule has 0 spiro atoms. The summed E-state index contributed by atoms with van der Waals surface area (Å²) in [6.07, 6.45) is 0.395. The number of carbonyl (C=O) groups excluding carboxylic acids is 3. The standard InChI is InChI=1S/C48H57N9O6S2/c1-25-28(4)65-47-39(25)40(51-36(21-38(59)60)43-54-53-29(5)57(43)47)31-15-17-34(18-16-31)55-19-9-10-33(22-55)44(61)52-42(48(6,7)8)46(63)56-23-35(58)20-37(56)45(62)50-26(2)30-11-13-32(14-12-30)41-27(3)49-24-64-41/h11-18,24,26,33,35-37,42,58H,9-10,19-23H2,1-8H3,(H,50,62)(H,52,61)(H,59,60)/t26?,33-,35-,36+,37+,42?/m1/s1. The Morgan fingerprint density at radius 2 is 1.63 bits per heavy atom. The number of benzene rings is 2. The second kappa shape index (κ2) is 18.2. The Labute approximate surface area is 387 Å². The number of thiazole rings is 1. The first-order valence-electron chi connectivity index (χ1n) is 22.2. The van der Waals surface area contributed by atoms with E-state index in [4.69, 9.17) is 4.99 Å². The van der Waals surface area contributed by atoms with Crippen LogP contribution in [-0.2, 0) is 19.2 Å². The molecule has 17 heteroatoms. The van der Waals surface area contributed by atoms with Crippen molar-refractivity contribution in [3.63, 3.8) is 0 Å². The number of hydrogen-bond acceptors (Lipinski definition) is 12. The van der Waals surface area contributed by atoms with Crippen LogP contribution in [0.1, 0.15) is 110 Å². The number of amides is 3. The van der Waals surface area contributed by atoms with Crippen molar-refractivity contribution < 1.29 is 29.4 Å². The van der Waals surface area contributed by atoms with Gasteiger partial charge in [-0.3, -0.25) is 28.7 Å². The van der Waals surface area contributed by atoms with Crippen molar-refractivity contribution >= 4 is 57.8 Å². The molecule has 0 bridgehead atoms. The molecule has 65 heavy (non-hydrogen) atoms. The van der Waals surface area contributed by atoms with Crippen molar-refractivity contribution in [1.82, 2.24) is 35.3 Å². The number of aliphatic imine (C=N–C) groups is 1. The number of aromatic nitrogens is 4. The lowest BCUT2D eigenvalue weighted by atomic mass is 9.84. The SMILES string of the molecule is Cc1ncsc1-c1ccc(C(C)NC(=O)[C@@H]2C[C@@H](O)CN2C(=O)C(NC(=O)[C@@H]2CCCN(c3ccc(C4=N[C@@H](CC(=O)O)c5nnc(C)n5-c5sc(C)c(C)c54)cc3)C2)C(C)(C)C)cc1. The Kier molecular flexibility index (Phi) is 12.8. The molecule has 3 aliphatic heterocycles. The first-order chi connectivity index (χ1) is 30.9. The topological polar surface area (TPSA) is 195 Å². The van der Waals surface area contributed by atoms with Gasteiger partial charge in [0.15, 0.2) is 5.82 Å². The largest absolute Gasteiger partial charge is 0.481 e. The normalized spacial score (nSPS) is 20.6. The molecule has 0 aliphatic carbocycles. The number of aryl methyl sites for hydroxylation is 3. The zero-order valence-electron chi connectivity index (χ0n) is 38.1. The Morgan fingerprint density at radius 1 is 0.923 bits per heavy atom. The number of likely N-dealkylation sites (tertiary alicyclic amines) is 1. The summed E-state index contributed by atoms with van der Waals surface area (Å²) in [6.45, 7) is 16.7. The predicted molar refractivity (Wildman–Crippen MR) is 252 cm³/mol. The monoisotopic (exact) mass is 919 g/mol. The number of nitrogens with one attached hydrogen (secondary N) is 2. The number of anilines is 1. The van der Waals surface area contributed by atoms with Crippen LogP contribution in [0.4, 0.5) is 5.69 Å². The third-order valence-electron chi connectivity index (χ3n) is 12.9. The third kappa shape index (κ3) is 9.23. The van der Waals surface area contributed by atoms with E-state index >= 15 is 0 Å². The van der Waals surface area contributed by atoms with Gasteiger partial charge in [0.25, 0.3) is 0 Å². The fraction of sp³-hybridized carbons (Fsp3) is 0.458. The Bertz CT molecular complexity index is 2640. The summed E-state index contributed by atoms with van der Waals surface area (Å²) in [4.78, 5) is 69.8. The van der Waals surface area contributed by atoms with Gasteiger partial charge in [0, 0.05) is 47.7 Å². The Balaban J connectivity index is 0.951. The number of carbonyl (C=O) groups is 4. The fourth-order valence-electron chi connectivity index (χ4n) is 9.22. The zero-order valence-corrected chi connectivity index (χ0v) is 39.7. The van der Waals surface area contributed by atoms with E-state index in [9.17, 15) is 29.4 Å². The van der Waals surface area contributed by atoms with Crippen LogP contribution in [0, 0.1) is 39.0 Å². The molecule has 2 fully saturated rings. The quantitative estimate of drug-likeness (QED) is 0.112. The average molecular weight is 920 g/mol. The van der Waals surface area contributed by atoms with E-state index < -0.39 is 47.4 Å². The van der Waals surface area contributed by atoms with Gasteiger partial charge in [-0.1, -0.05) is 57.2 Å². The van der Waals surface area contributed by atoms with Crippen LogP contribution in [0.3, 0.4) is 0 Å². The lowest BCUT2D eigenvalue weighted by molar-refractivity contribution is -0.144. The molecule has 15 nitrogen and oxygen atoms in total. The molecule has 5 aromatic rings. The number of thiophene rings is 1. The number of fused-ring (bicyclic) bond motifs is 3. The summed E-state index contributed by atoms with van der Waals surface area (Å²) in [5.74, 6) is -1.21. The number of carboxylic acid groups (broad SMARTS) is 1. The molecule has 3 amide bonds. The number of rotatable bonds is 11. The van der Waals surface area contributed by atoms with Crippen molar-refractivity contribution in [3.8, 4) is 15.4 Å². The van der Waals surface area contributed by atoms with E-state index in [0.717, 1.165) is 66.9 Å². The van der Waals surface area contributed by atoms with E-state index in [1.165, 1.54) is 4.90 Å². The number of piperidine rings is 1. The summed E-state index contributed by atoms with van der Waals surface area (Å²) < 4.78 is 1.94. The van der Waals surface area contributed by atoms with E-state index in [1.54, 1.807) is 22.7 Å². The maximum atomic E-state index is 14.5. The van der Waals surface area contributed by atoms with E-state index in [1.807, 2.05) is 100 Å². The highest BCUT2D eigenvalue weighted by Gasteiger charge is 2.45. The van der Waals surface area contributed by atoms with Crippen molar-refractivity contribution in [2.45, 2.75) is 111 Å². The van der Waals surface area contributed by atoms with Crippen LogP contribution in [0.5, 0.6) is 0 Å². The predicted octanol–water partition coefficient (Wildman–Crippen LogP) is 6.64. The van der Waals surface area contributed by atoms with Crippen LogP contribution >= 0.6 is 22.7 Å². The highest BCUT2D eigenvalue weighted by Crippen LogP contribution is 2.40. The van der Waals surface area contributed by atoms with Crippen LogP contribution < -0.4 is 15.5 Å². The van der Waals surface area contributed by atoms with Crippen LogP contribution in [0.25, 0.3) is 15.4 Å². The molecule has 0 radical (unpaired) electrons. The number of aliphatic hydroxyl groups is 1. The minimum absolute atomic E-state index is 0.00963. The van der Waals surface area contributed by atoms with Gasteiger partial charge in [0.1, 0.15) is 29.0 Å². The lowest BCUT2D eigenvalue weighted by Crippen LogP contribution is -2.59. The van der Waals surface area contributed by atoms with Gasteiger partial charge in [-0.05, 0) is 81.7 Å². The van der Waals surface area contributed by atoms with Gasteiger partial charge in [0.2, 0.25) is 17.7 Å². The highest BCUT2D eigenvalue weighted by atomic mass is 32.1. The molecule has 2 unspecified atom stereocenters. The van der Waals surface area contributed by atoms with Crippen molar-refractivity contribution in [2.75, 3.05) is 24.5 Å². The Morgan fingerprint density at radius 3 is 2.29 bits per heavy atom. The molecular formula is C48H57N9O6S2. The van der Waals surface area contributed by atoms with E-state index in [2.05, 4.69) is 44.6 Å². The smallest absolute Gasteiger partial charge is 0.306 e. The van der Waals surface area contributed by atoms with Gasteiger partial charge < -0.3 is 30.6 Å². The number of hydrogen-bond donors (Lipinski definition) is 4. The molecule has 2 aromatic carbocycles. The molecular weight excluding hydrogens is 863 g/mol. The summed E-state index contributed by atoms with van der Waals surface area (Å²) in [6, 6.07) is 13.1. The second-order valence-electron chi connectivity index (χ2n) is 18.7. The van der Waals surface area contributed by atoms with Gasteiger partial charge in [-0.25, -0.2) is 4.98 Å². The molecule has 2 saturated heterocycles. The first kappa shape index (κ1) is 45.8. The van der Waals surface area contributed by atoms with Crippen LogP contribution in [-0.4, -0.2) is 102 Å². The van der Waals surface area contributed by atoms with Crippen molar-refractivity contribution in [1.29, 1.82) is 0 Å². The summed E-state index contributed by atoms with van der Waals surface area (Å²) in [7, 11) is 0. The molecule has 0 saturated carbocycles. The van der Waals surface area contributed by atoms with E-state index in [-0.39, 0.29) is 37.2 Å². The molecule has 3 aromatic heterocycles. The number of β-amino-alcohol motifs (C(OH)–C–C–N with tert-alkyl or cyclic N) is 1. The maximum absolute atomic E-state index is 14.5. The first-order valence-corrected chi connectivity index (χ1v) is 23.9. The molecule has 6 heterocycles. The van der Waals surface area contributed by atoms with Gasteiger partial charge in [-0.15, -0.1) is 32.9 Å². The fourth-order valence-corrected chi connectivity index (χ4v) is 11.2. The number of carboxylic acids is 1.